The number of hydrogen-bond donors (Lipinski definition) is 2. The molecular formula is C25H16ClF3N4O2. The fraction of sp³-hybridized carbons (Fsp3) is 0.0400. The number of rotatable bonds is 6. The third-order valence-electron chi connectivity index (χ3n) is 4.84. The molecule has 1 aromatic heterocycles. The topological polar surface area (TPSA) is 84.0 Å². The lowest BCUT2D eigenvalue weighted by molar-refractivity contribution is -0.112. The van der Waals surface area contributed by atoms with Crippen LogP contribution in [-0.2, 0) is 4.79 Å². The van der Waals surface area contributed by atoms with Gasteiger partial charge in [-0.2, -0.15) is 13.2 Å². The molecule has 176 valence electrons. The first-order valence-corrected chi connectivity index (χ1v) is 10.5. The van der Waals surface area contributed by atoms with Crippen LogP contribution in [0.25, 0.3) is 10.9 Å². The Bertz CT molecular complexity index is 1420. The van der Waals surface area contributed by atoms with Gasteiger partial charge in [0.2, 0.25) is 5.91 Å². The van der Waals surface area contributed by atoms with Crippen molar-refractivity contribution in [2.45, 2.75) is 6.18 Å². The van der Waals surface area contributed by atoms with Gasteiger partial charge < -0.3 is 10.6 Å². The first-order chi connectivity index (χ1) is 16.7. The van der Waals surface area contributed by atoms with E-state index in [9.17, 15) is 22.8 Å². The minimum absolute atomic E-state index is 0.138. The summed E-state index contributed by atoms with van der Waals surface area (Å²) >= 11 is 5.87. The number of fused-ring (bicyclic) bond motifs is 1. The quantitative estimate of drug-likeness (QED) is 0.241. The molecule has 0 saturated carbocycles. The number of nitrogens with zero attached hydrogens (tertiary/aromatic N) is 2. The van der Waals surface area contributed by atoms with Crippen molar-refractivity contribution < 1.29 is 22.8 Å². The minimum atomic E-state index is -4.58. The van der Waals surface area contributed by atoms with Gasteiger partial charge >= 0.3 is 6.18 Å². The number of nitrogens with one attached hydrogen (secondary N) is 2. The summed E-state index contributed by atoms with van der Waals surface area (Å²) in [6.45, 7) is 0. The zero-order valence-corrected chi connectivity index (χ0v) is 18.6. The number of alkyl halides is 3. The zero-order valence-electron chi connectivity index (χ0n) is 17.8. The molecule has 0 atom stereocenters. The monoisotopic (exact) mass is 496 g/mol. The third kappa shape index (κ3) is 6.21. The smallest absolute Gasteiger partial charge is 0.340 e. The summed E-state index contributed by atoms with van der Waals surface area (Å²) in [7, 11) is 0. The molecule has 1 amide bonds. The van der Waals surface area contributed by atoms with Crippen LogP contribution in [0.15, 0.2) is 85.2 Å². The molecule has 0 bridgehead atoms. The third-order valence-corrected chi connectivity index (χ3v) is 5.09. The SMILES string of the molecule is O=C(C=CC(F)(F)F)Nc1ccc2ncnc(Nc3ccc(C(=O)c4ccc(Cl)cc4)cc3)c2c1. The summed E-state index contributed by atoms with van der Waals surface area (Å²) in [4.78, 5) is 32.8. The van der Waals surface area contributed by atoms with Crippen LogP contribution >= 0.6 is 11.6 Å². The van der Waals surface area contributed by atoms with E-state index >= 15 is 0 Å². The Hall–Kier alpha value is -4.24. The predicted octanol–water partition coefficient (Wildman–Crippen LogP) is 6.31. The molecule has 0 aliphatic rings. The lowest BCUT2D eigenvalue weighted by Crippen LogP contribution is -2.10. The lowest BCUT2D eigenvalue weighted by Gasteiger charge is -2.11. The molecule has 4 rings (SSSR count). The second-order valence-electron chi connectivity index (χ2n) is 7.36. The van der Waals surface area contributed by atoms with Gasteiger partial charge in [0.25, 0.3) is 0 Å². The number of aromatic nitrogens is 2. The highest BCUT2D eigenvalue weighted by Crippen LogP contribution is 2.26. The van der Waals surface area contributed by atoms with Crippen molar-refractivity contribution in [2.24, 2.45) is 0 Å². The van der Waals surface area contributed by atoms with E-state index in [4.69, 9.17) is 11.6 Å². The lowest BCUT2D eigenvalue weighted by atomic mass is 10.0. The van der Waals surface area contributed by atoms with Crippen molar-refractivity contribution in [3.63, 3.8) is 0 Å². The molecule has 10 heteroatoms. The number of benzene rings is 3. The molecule has 0 fully saturated rings. The van der Waals surface area contributed by atoms with E-state index in [2.05, 4.69) is 20.6 Å². The number of allylic oxidation sites excluding steroid dienone is 1. The number of hydrogen-bond acceptors (Lipinski definition) is 5. The van der Waals surface area contributed by atoms with Crippen LogP contribution in [0.4, 0.5) is 30.4 Å². The molecule has 0 saturated heterocycles. The highest BCUT2D eigenvalue weighted by Gasteiger charge is 2.22. The van der Waals surface area contributed by atoms with Crippen molar-refractivity contribution in [1.82, 2.24) is 9.97 Å². The first-order valence-electron chi connectivity index (χ1n) is 10.2. The van der Waals surface area contributed by atoms with E-state index in [1.165, 1.54) is 12.4 Å². The standard InChI is InChI=1S/C25H16ClF3N4O2/c26-17-5-1-15(2-6-17)23(35)16-3-7-18(8-4-16)33-24-20-13-19(9-10-21(20)30-14-31-24)32-22(34)11-12-25(27,28)29/h1-14H,(H,32,34)(H,30,31,33). The van der Waals surface area contributed by atoms with Gasteiger partial charge in [-0.15, -0.1) is 0 Å². The number of carbonyl (C=O) groups excluding carboxylic acids is 2. The van der Waals surface area contributed by atoms with Crippen LogP contribution in [0, 0.1) is 0 Å². The van der Waals surface area contributed by atoms with Gasteiger partial charge in [0, 0.05) is 45.1 Å². The van der Waals surface area contributed by atoms with Crippen molar-refractivity contribution in [3.05, 3.63) is 101 Å². The van der Waals surface area contributed by atoms with Crippen molar-refractivity contribution >= 4 is 51.4 Å². The molecule has 6 nitrogen and oxygen atoms in total. The summed E-state index contributed by atoms with van der Waals surface area (Å²) in [5.74, 6) is -0.664. The first kappa shape index (κ1) is 23.9. The van der Waals surface area contributed by atoms with E-state index in [0.29, 0.717) is 44.6 Å². The molecule has 0 spiro atoms. The van der Waals surface area contributed by atoms with Crippen LogP contribution < -0.4 is 10.6 Å². The Kier molecular flexibility index (Phi) is 6.79. The summed E-state index contributed by atoms with van der Waals surface area (Å²) in [6, 6.07) is 18.0. The second kappa shape index (κ2) is 9.94. The maximum atomic E-state index is 12.6. The van der Waals surface area contributed by atoms with Crippen LogP contribution in [0.2, 0.25) is 5.02 Å². The normalized spacial score (nSPS) is 11.5. The highest BCUT2D eigenvalue weighted by atomic mass is 35.5. The van der Waals surface area contributed by atoms with Gasteiger partial charge in [-0.3, -0.25) is 9.59 Å². The van der Waals surface area contributed by atoms with E-state index in [1.54, 1.807) is 60.7 Å². The maximum Gasteiger partial charge on any atom is 0.409 e. The molecular weight excluding hydrogens is 481 g/mol. The number of carbonyl (C=O) groups is 2. The van der Waals surface area contributed by atoms with Crippen LogP contribution in [0.3, 0.4) is 0 Å². The number of halogens is 4. The molecule has 0 radical (unpaired) electrons. The Morgan fingerprint density at radius 3 is 2.14 bits per heavy atom. The molecule has 2 N–H and O–H groups in total. The molecule has 1 heterocycles. The Labute approximate surface area is 202 Å². The van der Waals surface area contributed by atoms with Gasteiger partial charge in [0.15, 0.2) is 5.78 Å². The maximum absolute atomic E-state index is 12.6. The average molecular weight is 497 g/mol. The van der Waals surface area contributed by atoms with Gasteiger partial charge in [0.05, 0.1) is 5.52 Å². The second-order valence-corrected chi connectivity index (χ2v) is 7.79. The Balaban J connectivity index is 1.53. The van der Waals surface area contributed by atoms with Crippen molar-refractivity contribution in [2.75, 3.05) is 10.6 Å². The summed E-state index contributed by atoms with van der Waals surface area (Å²) < 4.78 is 36.8. The molecule has 3 aromatic carbocycles. The van der Waals surface area contributed by atoms with Gasteiger partial charge in [-0.25, -0.2) is 9.97 Å². The van der Waals surface area contributed by atoms with Crippen LogP contribution in [0.5, 0.6) is 0 Å². The fourth-order valence-corrected chi connectivity index (χ4v) is 3.32. The van der Waals surface area contributed by atoms with E-state index < -0.39 is 12.1 Å². The molecule has 4 aromatic rings. The average Bonchev–Trinajstić information content (AvgIpc) is 2.83. The van der Waals surface area contributed by atoms with E-state index in [1.807, 2.05) is 0 Å². The van der Waals surface area contributed by atoms with Crippen LogP contribution in [0.1, 0.15) is 15.9 Å². The Morgan fingerprint density at radius 2 is 1.49 bits per heavy atom. The summed E-state index contributed by atoms with van der Waals surface area (Å²) in [6.07, 6.45) is -2.95. The number of ketones is 1. The summed E-state index contributed by atoms with van der Waals surface area (Å²) in [5, 5.41) is 6.59. The van der Waals surface area contributed by atoms with Gasteiger partial charge in [0.1, 0.15) is 12.1 Å². The van der Waals surface area contributed by atoms with E-state index in [0.717, 1.165) is 0 Å². The zero-order chi connectivity index (χ0) is 25.0. The van der Waals surface area contributed by atoms with Crippen molar-refractivity contribution in [3.8, 4) is 0 Å². The molecule has 0 aliphatic heterocycles. The molecule has 0 unspecified atom stereocenters. The van der Waals surface area contributed by atoms with Gasteiger partial charge in [-0.1, -0.05) is 11.6 Å². The highest BCUT2D eigenvalue weighted by molar-refractivity contribution is 6.30. The molecule has 35 heavy (non-hydrogen) atoms. The van der Waals surface area contributed by atoms with E-state index in [-0.39, 0.29) is 17.5 Å². The minimum Gasteiger partial charge on any atom is -0.340 e. The Morgan fingerprint density at radius 1 is 0.857 bits per heavy atom. The van der Waals surface area contributed by atoms with Crippen molar-refractivity contribution in [1.29, 1.82) is 0 Å². The number of anilines is 3. The fourth-order valence-electron chi connectivity index (χ4n) is 3.20. The van der Waals surface area contributed by atoms with Crippen LogP contribution in [-0.4, -0.2) is 27.8 Å². The predicted molar refractivity (Wildman–Crippen MR) is 128 cm³/mol. The summed E-state index contributed by atoms with van der Waals surface area (Å²) in [5.41, 5.74) is 2.47. The van der Waals surface area contributed by atoms with Gasteiger partial charge in [-0.05, 0) is 66.7 Å². The molecule has 0 aliphatic carbocycles. The number of amides is 1. The largest absolute Gasteiger partial charge is 0.409 e.